The second-order valence-electron chi connectivity index (χ2n) is 11.8. The van der Waals surface area contributed by atoms with Crippen LogP contribution in [0.3, 0.4) is 0 Å². The first-order valence-corrected chi connectivity index (χ1v) is 12.9. The number of carbonyl (C=O) groups is 5. The molecule has 0 aliphatic carbocycles. The van der Waals surface area contributed by atoms with Gasteiger partial charge in [-0.15, -0.1) is 10.3 Å². The summed E-state index contributed by atoms with van der Waals surface area (Å²) in [5.41, 5.74) is -0.641. The number of amides is 4. The smallest absolute Gasteiger partial charge is 0.335 e. The Morgan fingerprint density at radius 1 is 0.700 bits per heavy atom. The second kappa shape index (κ2) is 8.30. The Kier molecular flexibility index (Phi) is 5.36. The molecule has 3 aromatic rings. The van der Waals surface area contributed by atoms with Crippen LogP contribution in [0.5, 0.6) is 0 Å². The van der Waals surface area contributed by atoms with Crippen molar-refractivity contribution in [2.45, 2.75) is 57.7 Å². The second-order valence-corrected chi connectivity index (χ2v) is 11.8. The lowest BCUT2D eigenvalue weighted by Crippen LogP contribution is -2.64. The van der Waals surface area contributed by atoms with E-state index in [1.165, 1.54) is 53.4 Å². The van der Waals surface area contributed by atoms with Gasteiger partial charge in [0.2, 0.25) is 0 Å². The van der Waals surface area contributed by atoms with E-state index < -0.39 is 46.7 Å². The molecule has 1 radical (unpaired) electrons. The van der Waals surface area contributed by atoms with Crippen molar-refractivity contribution in [1.29, 1.82) is 0 Å². The summed E-state index contributed by atoms with van der Waals surface area (Å²) in [7, 11) is 0. The van der Waals surface area contributed by atoms with Crippen LogP contribution in [0, 0.1) is 0 Å². The SMILES string of the molecule is CC1(C)CC(N2C(=O)c3ccc4c5c(ccc(c35)C2=O)C(=O)N(c2ccc(C(=O)O)cc2)C4=O)CC(C)(C)N1[O]. The molecule has 203 valence electrons. The highest BCUT2D eigenvalue weighted by atomic mass is 16.5. The van der Waals surface area contributed by atoms with Crippen LogP contribution in [0.1, 0.15) is 92.3 Å². The molecule has 4 amide bonds. The highest BCUT2D eigenvalue weighted by Crippen LogP contribution is 2.43. The number of benzene rings is 3. The minimum absolute atomic E-state index is 0.00821. The van der Waals surface area contributed by atoms with Crippen LogP contribution < -0.4 is 4.90 Å². The maximum Gasteiger partial charge on any atom is 0.335 e. The summed E-state index contributed by atoms with van der Waals surface area (Å²) in [4.78, 5) is 68.3. The van der Waals surface area contributed by atoms with Crippen molar-refractivity contribution in [3.8, 4) is 0 Å². The molecule has 40 heavy (non-hydrogen) atoms. The van der Waals surface area contributed by atoms with Crippen LogP contribution in [0.25, 0.3) is 10.8 Å². The van der Waals surface area contributed by atoms with Crippen LogP contribution in [0.4, 0.5) is 5.69 Å². The van der Waals surface area contributed by atoms with E-state index in [1.807, 2.05) is 0 Å². The molecular formula is C30H26N3O7. The third-order valence-corrected chi connectivity index (χ3v) is 8.23. The van der Waals surface area contributed by atoms with Crippen LogP contribution in [0.15, 0.2) is 48.5 Å². The van der Waals surface area contributed by atoms with Crippen molar-refractivity contribution >= 4 is 46.1 Å². The van der Waals surface area contributed by atoms with Crippen LogP contribution >= 0.6 is 0 Å². The molecule has 0 unspecified atom stereocenters. The third-order valence-electron chi connectivity index (χ3n) is 8.23. The number of piperidine rings is 1. The first-order valence-electron chi connectivity index (χ1n) is 12.9. The van der Waals surface area contributed by atoms with E-state index in [0.717, 1.165) is 9.96 Å². The monoisotopic (exact) mass is 540 g/mol. The Labute approximate surface area is 229 Å². The average molecular weight is 541 g/mol. The maximum absolute atomic E-state index is 13.9. The average Bonchev–Trinajstić information content (AvgIpc) is 2.89. The summed E-state index contributed by atoms with van der Waals surface area (Å²) < 4.78 is 0. The molecule has 3 aliphatic rings. The van der Waals surface area contributed by atoms with Gasteiger partial charge in [-0.25, -0.2) is 9.69 Å². The number of anilines is 1. The number of hydrogen-bond acceptors (Lipinski definition) is 6. The zero-order chi connectivity index (χ0) is 28.9. The first kappa shape index (κ1) is 25.8. The Hall–Kier alpha value is -4.41. The number of nitrogens with zero attached hydrogens (tertiary/aromatic N) is 3. The van der Waals surface area contributed by atoms with Crippen molar-refractivity contribution in [1.82, 2.24) is 9.96 Å². The highest BCUT2D eigenvalue weighted by molar-refractivity contribution is 6.39. The van der Waals surface area contributed by atoms with Gasteiger partial charge in [0.25, 0.3) is 23.6 Å². The summed E-state index contributed by atoms with van der Waals surface area (Å²) >= 11 is 0. The van der Waals surface area contributed by atoms with Gasteiger partial charge in [0.05, 0.1) is 11.3 Å². The number of carboxylic acid groups (broad SMARTS) is 1. The van der Waals surface area contributed by atoms with Crippen molar-refractivity contribution in [3.63, 3.8) is 0 Å². The zero-order valence-electron chi connectivity index (χ0n) is 22.3. The summed E-state index contributed by atoms with van der Waals surface area (Å²) in [6, 6.07) is 10.8. The molecule has 1 fully saturated rings. The summed E-state index contributed by atoms with van der Waals surface area (Å²) in [5.74, 6) is -3.47. The predicted octanol–water partition coefficient (Wildman–Crippen LogP) is 4.30. The highest BCUT2D eigenvalue weighted by Gasteiger charge is 2.51. The van der Waals surface area contributed by atoms with Crippen molar-refractivity contribution in [2.24, 2.45) is 0 Å². The largest absolute Gasteiger partial charge is 0.478 e. The molecule has 1 N–H and O–H groups in total. The normalized spacial score (nSPS) is 20.4. The quantitative estimate of drug-likeness (QED) is 0.489. The van der Waals surface area contributed by atoms with Crippen LogP contribution in [-0.2, 0) is 5.21 Å². The third kappa shape index (κ3) is 3.46. The number of aromatic carboxylic acids is 1. The van der Waals surface area contributed by atoms with Crippen molar-refractivity contribution in [3.05, 3.63) is 76.3 Å². The topological polar surface area (TPSA) is 135 Å². The van der Waals surface area contributed by atoms with E-state index in [0.29, 0.717) is 12.8 Å². The minimum atomic E-state index is -1.14. The van der Waals surface area contributed by atoms with Gasteiger partial charge in [-0.05, 0) is 89.1 Å². The van der Waals surface area contributed by atoms with E-state index in [2.05, 4.69) is 0 Å². The summed E-state index contributed by atoms with van der Waals surface area (Å²) in [6.45, 7) is 7.18. The molecule has 0 spiro atoms. The van der Waals surface area contributed by atoms with Gasteiger partial charge < -0.3 is 5.11 Å². The van der Waals surface area contributed by atoms with E-state index in [4.69, 9.17) is 0 Å². The molecule has 0 atom stereocenters. The van der Waals surface area contributed by atoms with E-state index in [1.54, 1.807) is 27.7 Å². The van der Waals surface area contributed by atoms with E-state index >= 15 is 0 Å². The van der Waals surface area contributed by atoms with Crippen LogP contribution in [0.2, 0.25) is 0 Å². The lowest BCUT2D eigenvalue weighted by Gasteiger charge is -2.52. The molecule has 1 saturated heterocycles. The Morgan fingerprint density at radius 3 is 1.50 bits per heavy atom. The summed E-state index contributed by atoms with van der Waals surface area (Å²) in [6.07, 6.45) is 0.608. The van der Waals surface area contributed by atoms with Gasteiger partial charge in [0.1, 0.15) is 0 Å². The molecule has 0 saturated carbocycles. The Morgan fingerprint density at radius 2 is 1.10 bits per heavy atom. The zero-order valence-corrected chi connectivity index (χ0v) is 22.3. The number of hydroxylamine groups is 2. The Bertz CT molecular complexity index is 1600. The number of carboxylic acids is 1. The van der Waals surface area contributed by atoms with Gasteiger partial charge in [-0.2, -0.15) is 0 Å². The van der Waals surface area contributed by atoms with Gasteiger partial charge in [-0.1, -0.05) is 0 Å². The van der Waals surface area contributed by atoms with Gasteiger partial charge in [0, 0.05) is 50.1 Å². The van der Waals surface area contributed by atoms with E-state index in [9.17, 15) is 34.3 Å². The predicted molar refractivity (Wildman–Crippen MR) is 143 cm³/mol. The maximum atomic E-state index is 13.9. The Balaban J connectivity index is 1.45. The lowest BCUT2D eigenvalue weighted by atomic mass is 9.77. The molecule has 10 nitrogen and oxygen atoms in total. The van der Waals surface area contributed by atoms with E-state index in [-0.39, 0.29) is 44.3 Å². The lowest BCUT2D eigenvalue weighted by molar-refractivity contribution is -0.292. The standard InChI is InChI=1S/C30H26N3O7/c1-29(2)13-17(14-30(3,4)33(29)40)32-26(36)20-11-9-18-22-19(10-12-21(23(20)22)27(32)37)25(35)31(24(18)34)16-7-5-15(6-8-16)28(38)39/h5-12,17H,13-14H2,1-4H3,(H,38,39). The fraction of sp³-hybridized carbons (Fsp3) is 0.300. The van der Waals surface area contributed by atoms with Gasteiger partial charge in [0.15, 0.2) is 0 Å². The summed E-state index contributed by atoms with van der Waals surface area (Å²) in [5, 5.41) is 23.6. The molecule has 3 heterocycles. The van der Waals surface area contributed by atoms with Crippen molar-refractivity contribution < 1.29 is 34.3 Å². The minimum Gasteiger partial charge on any atom is -0.478 e. The molecule has 0 bridgehead atoms. The number of carbonyl (C=O) groups excluding carboxylic acids is 4. The van der Waals surface area contributed by atoms with Crippen molar-refractivity contribution in [2.75, 3.05) is 4.90 Å². The number of rotatable bonds is 3. The number of imide groups is 2. The molecule has 3 aromatic carbocycles. The number of hydrogen-bond donors (Lipinski definition) is 1. The molecule has 3 aliphatic heterocycles. The van der Waals surface area contributed by atoms with Crippen LogP contribution in [-0.4, -0.2) is 61.8 Å². The molecule has 0 aromatic heterocycles. The van der Waals surface area contributed by atoms with Gasteiger partial charge >= 0.3 is 5.97 Å². The molecular weight excluding hydrogens is 514 g/mol. The fourth-order valence-electron chi connectivity index (χ4n) is 6.61. The molecule has 6 rings (SSSR count). The first-order chi connectivity index (χ1) is 18.7. The fourth-order valence-corrected chi connectivity index (χ4v) is 6.61. The van der Waals surface area contributed by atoms with Gasteiger partial charge in [-0.3, -0.25) is 24.1 Å². The molecule has 10 heteroatoms.